The van der Waals surface area contributed by atoms with Crippen LogP contribution in [0.1, 0.15) is 42.2 Å². The van der Waals surface area contributed by atoms with Crippen molar-refractivity contribution in [1.82, 2.24) is 14.0 Å². The van der Waals surface area contributed by atoms with E-state index in [2.05, 4.69) is 4.98 Å². The van der Waals surface area contributed by atoms with Crippen LogP contribution >= 0.6 is 0 Å². The molecule has 3 rings (SSSR count). The second-order valence-corrected chi connectivity index (χ2v) is 5.99. The van der Waals surface area contributed by atoms with Gasteiger partial charge in [0, 0.05) is 12.2 Å². The Hall–Kier alpha value is -2.96. The topological polar surface area (TPSA) is 106 Å². The van der Waals surface area contributed by atoms with Crippen molar-refractivity contribution in [2.24, 2.45) is 5.73 Å². The van der Waals surface area contributed by atoms with Gasteiger partial charge in [0.1, 0.15) is 16.8 Å². The number of rotatable bonds is 3. The lowest BCUT2D eigenvalue weighted by atomic mass is 10.1. The molecule has 3 aromatic heterocycles. The molecular formula is C17H19N5O2. The summed E-state index contributed by atoms with van der Waals surface area (Å²) in [5.41, 5.74) is 6.95. The van der Waals surface area contributed by atoms with Gasteiger partial charge in [-0.1, -0.05) is 13.0 Å². The average molecular weight is 325 g/mol. The Labute approximate surface area is 137 Å². The van der Waals surface area contributed by atoms with E-state index in [1.54, 1.807) is 16.8 Å². The number of aromatic nitrogens is 3. The number of carbonyl (C=O) groups is 1. The van der Waals surface area contributed by atoms with Crippen LogP contribution in [0.2, 0.25) is 0 Å². The molecule has 0 aromatic carbocycles. The van der Waals surface area contributed by atoms with Gasteiger partial charge in [0.2, 0.25) is 0 Å². The van der Waals surface area contributed by atoms with Crippen molar-refractivity contribution in [2.45, 2.75) is 33.2 Å². The standard InChI is InChI=1S/C17H19N5O2/c1-4-10(3)22-14(18)11(15(19)23)7-12-16(22)20-13-6-5-9(2)8-21(13)17(12)24/h5-8,10,18H,4H2,1-3H3,(H2,19,23)/t10-/m0/s1. The SMILES string of the molecule is CC[C@H](C)n1c(=N)c(C(N)=O)cc2c(=O)n3cc(C)ccc3nc21. The number of carbonyl (C=O) groups excluding carboxylic acids is 1. The summed E-state index contributed by atoms with van der Waals surface area (Å²) in [4.78, 5) is 29.2. The monoisotopic (exact) mass is 325 g/mol. The highest BCUT2D eigenvalue weighted by atomic mass is 16.1. The predicted octanol–water partition coefficient (Wildman–Crippen LogP) is 1.51. The largest absolute Gasteiger partial charge is 0.365 e. The van der Waals surface area contributed by atoms with Gasteiger partial charge in [0.05, 0.1) is 10.9 Å². The minimum Gasteiger partial charge on any atom is -0.365 e. The van der Waals surface area contributed by atoms with Crippen LogP contribution in [0.5, 0.6) is 0 Å². The molecule has 0 aliphatic rings. The van der Waals surface area contributed by atoms with E-state index in [0.29, 0.717) is 11.3 Å². The van der Waals surface area contributed by atoms with Gasteiger partial charge in [-0.25, -0.2) is 4.98 Å². The van der Waals surface area contributed by atoms with Crippen LogP contribution in [0.25, 0.3) is 16.7 Å². The van der Waals surface area contributed by atoms with Gasteiger partial charge >= 0.3 is 0 Å². The molecule has 1 amide bonds. The lowest BCUT2D eigenvalue weighted by Gasteiger charge is -2.18. The van der Waals surface area contributed by atoms with Gasteiger partial charge < -0.3 is 10.3 Å². The lowest BCUT2D eigenvalue weighted by molar-refractivity contribution is 0.0998. The van der Waals surface area contributed by atoms with Crippen LogP contribution in [-0.4, -0.2) is 19.9 Å². The van der Waals surface area contributed by atoms with Gasteiger partial charge in [-0.15, -0.1) is 0 Å². The van der Waals surface area contributed by atoms with E-state index in [4.69, 9.17) is 11.1 Å². The summed E-state index contributed by atoms with van der Waals surface area (Å²) in [5, 5.41) is 8.60. The van der Waals surface area contributed by atoms with E-state index < -0.39 is 5.91 Å². The van der Waals surface area contributed by atoms with E-state index in [-0.39, 0.29) is 28.0 Å². The zero-order valence-electron chi connectivity index (χ0n) is 13.8. The number of fused-ring (bicyclic) bond motifs is 2. The molecule has 0 saturated carbocycles. The first-order valence-corrected chi connectivity index (χ1v) is 7.77. The summed E-state index contributed by atoms with van der Waals surface area (Å²) in [6, 6.07) is 4.92. The van der Waals surface area contributed by atoms with Crippen LogP contribution in [0.15, 0.2) is 29.2 Å². The molecule has 0 unspecified atom stereocenters. The van der Waals surface area contributed by atoms with Crippen LogP contribution in [0, 0.1) is 12.3 Å². The smallest absolute Gasteiger partial charge is 0.267 e. The van der Waals surface area contributed by atoms with Crippen molar-refractivity contribution in [3.05, 3.63) is 51.4 Å². The first kappa shape index (κ1) is 15.9. The Balaban J connectivity index is 2.60. The molecule has 7 nitrogen and oxygen atoms in total. The molecule has 0 saturated heterocycles. The second kappa shape index (κ2) is 5.59. The average Bonchev–Trinajstić information content (AvgIpc) is 2.54. The molecular weight excluding hydrogens is 306 g/mol. The summed E-state index contributed by atoms with van der Waals surface area (Å²) in [6.45, 7) is 5.77. The predicted molar refractivity (Wildman–Crippen MR) is 91.1 cm³/mol. The van der Waals surface area contributed by atoms with Gasteiger partial charge in [-0.2, -0.15) is 0 Å². The number of pyridine rings is 2. The number of nitrogens with one attached hydrogen (secondary N) is 1. The molecule has 0 aliphatic carbocycles. The molecule has 0 aliphatic heterocycles. The van der Waals surface area contributed by atoms with Crippen molar-refractivity contribution in [1.29, 1.82) is 5.41 Å². The third kappa shape index (κ3) is 2.29. The van der Waals surface area contributed by atoms with Crippen molar-refractivity contribution < 1.29 is 4.79 Å². The number of amides is 1. The summed E-state index contributed by atoms with van der Waals surface area (Å²) in [7, 11) is 0. The molecule has 24 heavy (non-hydrogen) atoms. The molecule has 3 aromatic rings. The van der Waals surface area contributed by atoms with Crippen molar-refractivity contribution in [3.8, 4) is 0 Å². The highest BCUT2D eigenvalue weighted by Crippen LogP contribution is 2.16. The Bertz CT molecular complexity index is 1090. The molecule has 3 heterocycles. The first-order valence-electron chi connectivity index (χ1n) is 7.77. The third-order valence-corrected chi connectivity index (χ3v) is 4.30. The molecule has 0 fully saturated rings. The van der Waals surface area contributed by atoms with Crippen LogP contribution in [-0.2, 0) is 0 Å². The maximum atomic E-state index is 12.9. The highest BCUT2D eigenvalue weighted by molar-refractivity contribution is 5.95. The van der Waals surface area contributed by atoms with Crippen molar-refractivity contribution in [3.63, 3.8) is 0 Å². The van der Waals surface area contributed by atoms with E-state index >= 15 is 0 Å². The number of primary amides is 1. The first-order chi connectivity index (χ1) is 11.3. The van der Waals surface area contributed by atoms with E-state index in [0.717, 1.165) is 12.0 Å². The maximum absolute atomic E-state index is 12.9. The van der Waals surface area contributed by atoms with Crippen molar-refractivity contribution in [2.75, 3.05) is 0 Å². The molecule has 7 heteroatoms. The summed E-state index contributed by atoms with van der Waals surface area (Å²) in [5.74, 6) is -0.729. The Morgan fingerprint density at radius 2 is 2.12 bits per heavy atom. The van der Waals surface area contributed by atoms with Gasteiger partial charge in [0.15, 0.2) is 0 Å². The fourth-order valence-corrected chi connectivity index (χ4v) is 2.80. The maximum Gasteiger partial charge on any atom is 0.267 e. The van der Waals surface area contributed by atoms with E-state index in [1.807, 2.05) is 26.8 Å². The van der Waals surface area contributed by atoms with Gasteiger partial charge in [-0.05, 0) is 38.0 Å². The zero-order chi connectivity index (χ0) is 17.6. The summed E-state index contributed by atoms with van der Waals surface area (Å²) in [6.07, 6.45) is 2.43. The second-order valence-electron chi connectivity index (χ2n) is 5.99. The lowest BCUT2D eigenvalue weighted by Crippen LogP contribution is -2.33. The fraction of sp³-hybridized carbons (Fsp3) is 0.294. The molecule has 0 bridgehead atoms. The molecule has 124 valence electrons. The van der Waals surface area contributed by atoms with E-state index in [9.17, 15) is 9.59 Å². The molecule has 0 spiro atoms. The van der Waals surface area contributed by atoms with Crippen LogP contribution in [0.3, 0.4) is 0 Å². The molecule has 0 radical (unpaired) electrons. The van der Waals surface area contributed by atoms with Crippen molar-refractivity contribution >= 4 is 22.6 Å². The Morgan fingerprint density at radius 3 is 2.75 bits per heavy atom. The third-order valence-electron chi connectivity index (χ3n) is 4.30. The number of hydrogen-bond donors (Lipinski definition) is 2. The van der Waals surface area contributed by atoms with Crippen LogP contribution < -0.4 is 16.8 Å². The number of hydrogen-bond acceptors (Lipinski definition) is 4. The Kier molecular flexibility index (Phi) is 3.71. The summed E-state index contributed by atoms with van der Waals surface area (Å²) < 4.78 is 3.06. The number of nitrogens with two attached hydrogens (primary N) is 1. The van der Waals surface area contributed by atoms with Gasteiger partial charge in [0.25, 0.3) is 11.5 Å². The van der Waals surface area contributed by atoms with E-state index in [1.165, 1.54) is 10.5 Å². The highest BCUT2D eigenvalue weighted by Gasteiger charge is 2.18. The zero-order valence-corrected chi connectivity index (χ0v) is 13.8. The fourth-order valence-electron chi connectivity index (χ4n) is 2.80. The molecule has 1 atom stereocenters. The summed E-state index contributed by atoms with van der Waals surface area (Å²) >= 11 is 0. The minimum absolute atomic E-state index is 0.0206. The van der Waals surface area contributed by atoms with Gasteiger partial charge in [-0.3, -0.25) is 19.4 Å². The minimum atomic E-state index is -0.729. The number of aryl methyl sites for hydroxylation is 1. The molecule has 3 N–H and O–H groups in total. The number of nitrogens with zero attached hydrogens (tertiary/aromatic N) is 3. The van der Waals surface area contributed by atoms with Crippen LogP contribution in [0.4, 0.5) is 0 Å². The normalized spacial score (nSPS) is 12.6. The Morgan fingerprint density at radius 1 is 1.42 bits per heavy atom. The quantitative estimate of drug-likeness (QED) is 0.713.